The molecule has 2 rings (SSSR count). The first-order valence-corrected chi connectivity index (χ1v) is 8.11. The molecule has 0 fully saturated rings. The molecular weight excluding hydrogens is 306 g/mol. The fourth-order valence-electron chi connectivity index (χ4n) is 2.59. The number of ether oxygens (including phenoxy) is 2. The quantitative estimate of drug-likeness (QED) is 0.792. The highest BCUT2D eigenvalue weighted by molar-refractivity contribution is 6.39. The first kappa shape index (κ1) is 18.2. The highest BCUT2D eigenvalue weighted by Gasteiger charge is 2.38. The lowest BCUT2D eigenvalue weighted by Crippen LogP contribution is -2.40. The molecular formula is C19H25NO4. The minimum Gasteiger partial charge on any atom is -0.460 e. The molecule has 0 saturated carbocycles. The maximum atomic E-state index is 12.2. The Balaban J connectivity index is 2.21. The zero-order valence-electron chi connectivity index (χ0n) is 15.0. The van der Waals surface area contributed by atoms with Crippen molar-refractivity contribution >= 4 is 17.7 Å². The lowest BCUT2D eigenvalue weighted by molar-refractivity contribution is -0.156. The Bertz CT molecular complexity index is 641. The van der Waals surface area contributed by atoms with Crippen LogP contribution in [0.1, 0.15) is 52.6 Å². The van der Waals surface area contributed by atoms with Crippen molar-refractivity contribution in [1.82, 2.24) is 0 Å². The summed E-state index contributed by atoms with van der Waals surface area (Å²) in [6.07, 6.45) is 0.0692. The number of cyclic esters (lactones) is 1. The fourth-order valence-corrected chi connectivity index (χ4v) is 2.59. The third-order valence-electron chi connectivity index (χ3n) is 3.68. The molecule has 24 heavy (non-hydrogen) atoms. The van der Waals surface area contributed by atoms with Gasteiger partial charge in [-0.05, 0) is 26.3 Å². The van der Waals surface area contributed by atoms with Gasteiger partial charge in [-0.25, -0.2) is 4.79 Å². The Kier molecular flexibility index (Phi) is 5.11. The van der Waals surface area contributed by atoms with Gasteiger partial charge in [0.2, 0.25) is 0 Å². The third kappa shape index (κ3) is 4.66. The van der Waals surface area contributed by atoms with Gasteiger partial charge in [-0.3, -0.25) is 9.79 Å². The second kappa shape index (κ2) is 6.75. The highest BCUT2D eigenvalue weighted by atomic mass is 16.6. The van der Waals surface area contributed by atoms with Crippen molar-refractivity contribution in [3.05, 3.63) is 35.9 Å². The van der Waals surface area contributed by atoms with Crippen molar-refractivity contribution in [1.29, 1.82) is 0 Å². The SMILES string of the molecule is CC(C)(C)OC(=O)CC(C)(C)C1=N[C@H](c2ccccc2)COC1=O. The second-order valence-electron chi connectivity index (χ2n) is 7.65. The predicted octanol–water partition coefficient (Wildman–Crippen LogP) is 3.48. The minimum atomic E-state index is -0.757. The number of hydrogen-bond donors (Lipinski definition) is 0. The van der Waals surface area contributed by atoms with E-state index in [-0.39, 0.29) is 30.8 Å². The van der Waals surface area contributed by atoms with Gasteiger partial charge >= 0.3 is 11.9 Å². The Morgan fingerprint density at radius 2 is 1.83 bits per heavy atom. The summed E-state index contributed by atoms with van der Waals surface area (Å²) in [5.41, 5.74) is -0.0503. The van der Waals surface area contributed by atoms with Crippen molar-refractivity contribution in [3.63, 3.8) is 0 Å². The monoisotopic (exact) mass is 331 g/mol. The number of carbonyl (C=O) groups excluding carboxylic acids is 2. The van der Waals surface area contributed by atoms with Crippen LogP contribution in [-0.4, -0.2) is 29.9 Å². The zero-order valence-corrected chi connectivity index (χ0v) is 15.0. The maximum Gasteiger partial charge on any atom is 0.352 e. The topological polar surface area (TPSA) is 65.0 Å². The average Bonchev–Trinajstić information content (AvgIpc) is 2.45. The normalized spacial score (nSPS) is 18.6. The van der Waals surface area contributed by atoms with Gasteiger partial charge in [0.05, 0.1) is 6.42 Å². The summed E-state index contributed by atoms with van der Waals surface area (Å²) in [7, 11) is 0. The van der Waals surface area contributed by atoms with Crippen molar-refractivity contribution in [2.45, 2.75) is 52.7 Å². The molecule has 5 nitrogen and oxygen atoms in total. The second-order valence-corrected chi connectivity index (χ2v) is 7.65. The first-order valence-electron chi connectivity index (χ1n) is 8.11. The fraction of sp³-hybridized carbons (Fsp3) is 0.526. The number of rotatable bonds is 4. The molecule has 0 saturated heterocycles. The van der Waals surface area contributed by atoms with Gasteiger partial charge < -0.3 is 9.47 Å². The molecule has 0 amide bonds. The Labute approximate surface area is 143 Å². The maximum absolute atomic E-state index is 12.2. The van der Waals surface area contributed by atoms with E-state index < -0.39 is 17.0 Å². The molecule has 0 spiro atoms. The average molecular weight is 331 g/mol. The van der Waals surface area contributed by atoms with Crippen LogP contribution in [0.25, 0.3) is 0 Å². The highest BCUT2D eigenvalue weighted by Crippen LogP contribution is 2.31. The number of esters is 2. The van der Waals surface area contributed by atoms with Gasteiger partial charge in [-0.15, -0.1) is 0 Å². The molecule has 1 aliphatic rings. The van der Waals surface area contributed by atoms with Crippen molar-refractivity contribution in [2.75, 3.05) is 6.61 Å². The van der Waals surface area contributed by atoms with E-state index in [1.54, 1.807) is 0 Å². The van der Waals surface area contributed by atoms with E-state index in [9.17, 15) is 9.59 Å². The summed E-state index contributed by atoms with van der Waals surface area (Å²) in [5.74, 6) is -0.819. The van der Waals surface area contributed by atoms with E-state index in [0.717, 1.165) is 5.56 Å². The number of carbonyl (C=O) groups is 2. The van der Waals surface area contributed by atoms with E-state index >= 15 is 0 Å². The lowest BCUT2D eigenvalue weighted by atomic mass is 9.83. The third-order valence-corrected chi connectivity index (χ3v) is 3.68. The molecule has 130 valence electrons. The van der Waals surface area contributed by atoms with Crippen LogP contribution in [0.2, 0.25) is 0 Å². The summed E-state index contributed by atoms with van der Waals surface area (Å²) in [4.78, 5) is 28.9. The van der Waals surface area contributed by atoms with Gasteiger partial charge in [0.25, 0.3) is 0 Å². The van der Waals surface area contributed by atoms with Crippen molar-refractivity contribution in [2.24, 2.45) is 10.4 Å². The molecule has 0 aromatic heterocycles. The van der Waals surface area contributed by atoms with E-state index in [1.165, 1.54) is 0 Å². The number of aliphatic imine (C=N–C) groups is 1. The van der Waals surface area contributed by atoms with Crippen LogP contribution in [0.15, 0.2) is 35.3 Å². The Morgan fingerprint density at radius 1 is 1.21 bits per heavy atom. The predicted molar refractivity (Wildman–Crippen MR) is 91.8 cm³/mol. The van der Waals surface area contributed by atoms with Crippen LogP contribution in [-0.2, 0) is 19.1 Å². The smallest absolute Gasteiger partial charge is 0.352 e. The summed E-state index contributed by atoms with van der Waals surface area (Å²) in [6, 6.07) is 9.43. The van der Waals surface area contributed by atoms with Crippen LogP contribution < -0.4 is 0 Å². The van der Waals surface area contributed by atoms with Crippen molar-refractivity contribution in [3.8, 4) is 0 Å². The van der Waals surface area contributed by atoms with E-state index in [1.807, 2.05) is 65.0 Å². The molecule has 5 heteroatoms. The first-order chi connectivity index (χ1) is 11.1. The molecule has 1 heterocycles. The summed E-state index contributed by atoms with van der Waals surface area (Å²) in [5, 5.41) is 0. The van der Waals surface area contributed by atoms with Gasteiger partial charge in [-0.1, -0.05) is 44.2 Å². The zero-order chi connectivity index (χ0) is 18.0. The van der Waals surface area contributed by atoms with Gasteiger partial charge in [0, 0.05) is 5.41 Å². The summed E-state index contributed by atoms with van der Waals surface area (Å²) in [6.45, 7) is 9.28. The molecule has 0 unspecified atom stereocenters. The van der Waals surface area contributed by atoms with Gasteiger partial charge in [0.15, 0.2) is 0 Å². The molecule has 1 atom stereocenters. The Morgan fingerprint density at radius 3 is 2.42 bits per heavy atom. The molecule has 0 radical (unpaired) electrons. The standard InChI is InChI=1S/C19H25NO4/c1-18(2,3)24-15(21)11-19(4,5)16-17(22)23-12-14(20-16)13-9-7-6-8-10-13/h6-10,14H,11-12H2,1-5H3/t14-/m0/s1. The molecule has 1 aromatic rings. The van der Waals surface area contributed by atoms with Crippen LogP contribution in [0.5, 0.6) is 0 Å². The molecule has 0 aliphatic carbocycles. The van der Waals surface area contributed by atoms with E-state index in [0.29, 0.717) is 0 Å². The van der Waals surface area contributed by atoms with Crippen LogP contribution in [0.3, 0.4) is 0 Å². The molecule has 0 bridgehead atoms. The summed E-state index contributed by atoms with van der Waals surface area (Å²) >= 11 is 0. The van der Waals surface area contributed by atoms with Gasteiger partial charge in [-0.2, -0.15) is 0 Å². The van der Waals surface area contributed by atoms with Crippen molar-refractivity contribution < 1.29 is 19.1 Å². The van der Waals surface area contributed by atoms with E-state index in [4.69, 9.17) is 9.47 Å². The van der Waals surface area contributed by atoms with Crippen LogP contribution in [0, 0.1) is 5.41 Å². The minimum absolute atomic E-state index is 0.0692. The molecule has 1 aliphatic heterocycles. The van der Waals surface area contributed by atoms with Gasteiger partial charge in [0.1, 0.15) is 24.0 Å². The number of nitrogens with zero attached hydrogens (tertiary/aromatic N) is 1. The largest absolute Gasteiger partial charge is 0.460 e. The molecule has 1 aromatic carbocycles. The molecule has 0 N–H and O–H groups in total. The number of hydrogen-bond acceptors (Lipinski definition) is 5. The Hall–Kier alpha value is -2.17. The lowest BCUT2D eigenvalue weighted by Gasteiger charge is -2.30. The van der Waals surface area contributed by atoms with Crippen LogP contribution in [0.4, 0.5) is 0 Å². The summed E-state index contributed by atoms with van der Waals surface area (Å²) < 4.78 is 10.7. The van der Waals surface area contributed by atoms with Crippen LogP contribution >= 0.6 is 0 Å². The van der Waals surface area contributed by atoms with E-state index in [2.05, 4.69) is 4.99 Å². The number of benzene rings is 1.